The van der Waals surface area contributed by atoms with Gasteiger partial charge in [0.1, 0.15) is 12.4 Å². The third kappa shape index (κ3) is 5.38. The second-order valence-corrected chi connectivity index (χ2v) is 4.74. The van der Waals surface area contributed by atoms with Crippen LogP contribution in [0, 0.1) is 0 Å². The van der Waals surface area contributed by atoms with Crippen LogP contribution in [0.15, 0.2) is 24.3 Å². The minimum atomic E-state index is -0.117. The van der Waals surface area contributed by atoms with Gasteiger partial charge < -0.3 is 15.4 Å². The van der Waals surface area contributed by atoms with Crippen molar-refractivity contribution in [3.8, 4) is 5.75 Å². The predicted octanol–water partition coefficient (Wildman–Crippen LogP) is 1.91. The van der Waals surface area contributed by atoms with Crippen molar-refractivity contribution in [2.45, 2.75) is 19.4 Å². The highest BCUT2D eigenvalue weighted by molar-refractivity contribution is 6.30. The zero-order valence-corrected chi connectivity index (χ0v) is 11.5. The Bertz CT molecular complexity index is 396. The van der Waals surface area contributed by atoms with E-state index in [9.17, 15) is 4.79 Å². The quantitative estimate of drug-likeness (QED) is 0.859. The van der Waals surface area contributed by atoms with Crippen LogP contribution in [0.3, 0.4) is 0 Å². The van der Waals surface area contributed by atoms with Crippen molar-refractivity contribution < 1.29 is 9.53 Å². The summed E-state index contributed by atoms with van der Waals surface area (Å²) in [4.78, 5) is 13.2. The summed E-state index contributed by atoms with van der Waals surface area (Å²) in [6.07, 6.45) is 0.355. The van der Waals surface area contributed by atoms with Crippen molar-refractivity contribution in [2.24, 2.45) is 5.73 Å². The lowest BCUT2D eigenvalue weighted by Gasteiger charge is -2.18. The third-order valence-electron chi connectivity index (χ3n) is 2.41. The average Bonchev–Trinajstić information content (AvgIpc) is 2.28. The average molecular weight is 271 g/mol. The fourth-order valence-corrected chi connectivity index (χ4v) is 1.59. The molecule has 2 N–H and O–H groups in total. The van der Waals surface area contributed by atoms with Crippen LogP contribution in [0.2, 0.25) is 5.02 Å². The molecule has 1 aromatic rings. The summed E-state index contributed by atoms with van der Waals surface area (Å²) in [5, 5.41) is 0.633. The van der Waals surface area contributed by atoms with Gasteiger partial charge in [-0.25, -0.2) is 0 Å². The van der Waals surface area contributed by atoms with Crippen LogP contribution in [-0.2, 0) is 4.79 Å². The highest BCUT2D eigenvalue weighted by atomic mass is 35.5. The monoisotopic (exact) mass is 270 g/mol. The largest absolute Gasteiger partial charge is 0.492 e. The zero-order valence-electron chi connectivity index (χ0n) is 10.7. The van der Waals surface area contributed by atoms with E-state index in [1.807, 2.05) is 19.1 Å². The molecule has 18 heavy (non-hydrogen) atoms. The minimum absolute atomic E-state index is 0.0275. The summed E-state index contributed by atoms with van der Waals surface area (Å²) in [5.74, 6) is 0.732. The maximum Gasteiger partial charge on any atom is 0.223 e. The number of amides is 1. The Hall–Kier alpha value is -1.26. The smallest absolute Gasteiger partial charge is 0.223 e. The molecule has 4 nitrogen and oxygen atoms in total. The number of nitrogens with two attached hydrogens (primary N) is 1. The van der Waals surface area contributed by atoms with Crippen LogP contribution in [0.1, 0.15) is 13.3 Å². The number of nitrogens with zero attached hydrogens (tertiary/aromatic N) is 1. The van der Waals surface area contributed by atoms with Crippen LogP contribution < -0.4 is 10.5 Å². The molecule has 0 saturated carbocycles. The van der Waals surface area contributed by atoms with Crippen molar-refractivity contribution in [3.05, 3.63) is 29.3 Å². The van der Waals surface area contributed by atoms with E-state index >= 15 is 0 Å². The number of carbonyl (C=O) groups excluding carboxylic acids is 1. The number of ether oxygens (including phenoxy) is 1. The molecular formula is C13H19ClN2O2. The van der Waals surface area contributed by atoms with E-state index < -0.39 is 0 Å². The predicted molar refractivity (Wildman–Crippen MR) is 72.9 cm³/mol. The third-order valence-corrected chi connectivity index (χ3v) is 2.65. The molecule has 0 bridgehead atoms. The number of hydrogen-bond donors (Lipinski definition) is 1. The highest BCUT2D eigenvalue weighted by Crippen LogP contribution is 2.16. The van der Waals surface area contributed by atoms with Gasteiger partial charge in [0, 0.05) is 24.5 Å². The molecule has 0 fully saturated rings. The Morgan fingerprint density at radius 1 is 1.56 bits per heavy atom. The number of halogens is 1. The van der Waals surface area contributed by atoms with Crippen molar-refractivity contribution >= 4 is 17.5 Å². The molecule has 5 heteroatoms. The summed E-state index contributed by atoms with van der Waals surface area (Å²) in [6.45, 7) is 2.77. The highest BCUT2D eigenvalue weighted by Gasteiger charge is 2.10. The lowest BCUT2D eigenvalue weighted by molar-refractivity contribution is -0.130. The molecule has 0 radical (unpaired) electrons. The minimum Gasteiger partial charge on any atom is -0.492 e. The number of rotatable bonds is 6. The van der Waals surface area contributed by atoms with Crippen LogP contribution in [0.25, 0.3) is 0 Å². The summed E-state index contributed by atoms with van der Waals surface area (Å²) < 4.78 is 5.50. The molecule has 1 unspecified atom stereocenters. The van der Waals surface area contributed by atoms with Gasteiger partial charge in [0.2, 0.25) is 5.91 Å². The molecule has 0 aliphatic rings. The number of benzene rings is 1. The molecule has 1 amide bonds. The Labute approximate surface area is 113 Å². The van der Waals surface area contributed by atoms with Gasteiger partial charge >= 0.3 is 0 Å². The van der Waals surface area contributed by atoms with Gasteiger partial charge in [-0.1, -0.05) is 17.7 Å². The normalized spacial score (nSPS) is 12.0. The van der Waals surface area contributed by atoms with Crippen molar-refractivity contribution in [1.29, 1.82) is 0 Å². The molecule has 100 valence electrons. The fourth-order valence-electron chi connectivity index (χ4n) is 1.41. The molecule has 1 aromatic carbocycles. The van der Waals surface area contributed by atoms with Crippen LogP contribution in [-0.4, -0.2) is 37.0 Å². The van der Waals surface area contributed by atoms with Crippen molar-refractivity contribution in [3.63, 3.8) is 0 Å². The Kier molecular flexibility index (Phi) is 5.95. The molecule has 0 aliphatic heterocycles. The van der Waals surface area contributed by atoms with E-state index in [4.69, 9.17) is 22.1 Å². The lowest BCUT2D eigenvalue weighted by atomic mass is 10.2. The second-order valence-electron chi connectivity index (χ2n) is 4.30. The van der Waals surface area contributed by atoms with E-state index in [1.54, 1.807) is 24.1 Å². The molecule has 1 rings (SSSR count). The molecular weight excluding hydrogens is 252 g/mol. The summed E-state index contributed by atoms with van der Waals surface area (Å²) in [7, 11) is 1.74. The van der Waals surface area contributed by atoms with Crippen molar-refractivity contribution in [2.75, 3.05) is 20.2 Å². The standard InChI is InChI=1S/C13H19ClN2O2/c1-10(15)8-13(17)16(2)6-7-18-12-5-3-4-11(14)9-12/h3-5,9-10H,6-8,15H2,1-2H3. The Balaban J connectivity index is 2.31. The first kappa shape index (κ1) is 14.8. The summed E-state index contributed by atoms with van der Waals surface area (Å²) in [6, 6.07) is 7.06. The lowest BCUT2D eigenvalue weighted by Crippen LogP contribution is -2.34. The number of likely N-dealkylation sites (N-methyl/N-ethyl adjacent to an activating group) is 1. The van der Waals surface area contributed by atoms with Gasteiger partial charge in [0.25, 0.3) is 0 Å². The van der Waals surface area contributed by atoms with Gasteiger partial charge in [-0.3, -0.25) is 4.79 Å². The molecule has 1 atom stereocenters. The molecule has 0 saturated heterocycles. The van der Waals surface area contributed by atoms with E-state index in [2.05, 4.69) is 0 Å². The van der Waals surface area contributed by atoms with E-state index in [1.165, 1.54) is 0 Å². The van der Waals surface area contributed by atoms with Gasteiger partial charge in [-0.15, -0.1) is 0 Å². The molecule has 0 heterocycles. The van der Waals surface area contributed by atoms with E-state index in [0.29, 0.717) is 30.3 Å². The Morgan fingerprint density at radius 2 is 2.28 bits per heavy atom. The maximum absolute atomic E-state index is 11.6. The summed E-state index contributed by atoms with van der Waals surface area (Å²) in [5.41, 5.74) is 5.57. The van der Waals surface area contributed by atoms with Gasteiger partial charge in [-0.05, 0) is 25.1 Å². The summed E-state index contributed by atoms with van der Waals surface area (Å²) >= 11 is 5.84. The first-order chi connectivity index (χ1) is 8.49. The van der Waals surface area contributed by atoms with Crippen LogP contribution in [0.4, 0.5) is 0 Å². The fraction of sp³-hybridized carbons (Fsp3) is 0.462. The first-order valence-corrected chi connectivity index (χ1v) is 6.24. The SMILES string of the molecule is CC(N)CC(=O)N(C)CCOc1cccc(Cl)c1. The zero-order chi connectivity index (χ0) is 13.5. The first-order valence-electron chi connectivity index (χ1n) is 5.87. The van der Waals surface area contributed by atoms with Gasteiger partial charge in [-0.2, -0.15) is 0 Å². The maximum atomic E-state index is 11.6. The van der Waals surface area contributed by atoms with Gasteiger partial charge in [0.05, 0.1) is 6.54 Å². The second kappa shape index (κ2) is 7.24. The number of carbonyl (C=O) groups is 1. The van der Waals surface area contributed by atoms with Crippen LogP contribution >= 0.6 is 11.6 Å². The van der Waals surface area contributed by atoms with Crippen molar-refractivity contribution in [1.82, 2.24) is 4.90 Å². The van der Waals surface area contributed by atoms with Gasteiger partial charge in [0.15, 0.2) is 0 Å². The topological polar surface area (TPSA) is 55.6 Å². The Morgan fingerprint density at radius 3 is 2.89 bits per heavy atom. The van der Waals surface area contributed by atoms with Crippen LogP contribution in [0.5, 0.6) is 5.75 Å². The molecule has 0 aliphatic carbocycles. The van der Waals surface area contributed by atoms with E-state index in [-0.39, 0.29) is 11.9 Å². The molecule has 0 aromatic heterocycles. The van der Waals surface area contributed by atoms with E-state index in [0.717, 1.165) is 0 Å². The number of hydrogen-bond acceptors (Lipinski definition) is 3. The molecule has 0 spiro atoms.